The van der Waals surface area contributed by atoms with E-state index in [0.29, 0.717) is 0 Å². The third-order valence-corrected chi connectivity index (χ3v) is 2.59. The molecule has 0 aromatic heterocycles. The van der Waals surface area contributed by atoms with Crippen molar-refractivity contribution < 1.29 is 41.2 Å². The van der Waals surface area contributed by atoms with Crippen molar-refractivity contribution in [2.45, 2.75) is 12.8 Å². The molecule has 1 heterocycles. The minimum atomic E-state index is -2.45. The molecule has 5 nitrogen and oxygen atoms in total. The van der Waals surface area contributed by atoms with Crippen molar-refractivity contribution in [3.05, 3.63) is 34.6 Å². The lowest BCUT2D eigenvalue weighted by Crippen LogP contribution is -2.33. The number of amides is 2. The topological polar surface area (TPSA) is 63.7 Å². The van der Waals surface area contributed by atoms with E-state index in [9.17, 15) is 36.3 Å². The van der Waals surface area contributed by atoms with Gasteiger partial charge in [0.05, 0.1) is 0 Å². The third-order valence-electron chi connectivity index (χ3n) is 2.59. The lowest BCUT2D eigenvalue weighted by Gasteiger charge is -2.13. The Morgan fingerprint density at radius 2 is 1.19 bits per heavy atom. The second-order valence-corrected chi connectivity index (χ2v) is 3.91. The molecule has 1 aliphatic rings. The van der Waals surface area contributed by atoms with Crippen molar-refractivity contribution in [3.63, 3.8) is 0 Å². The van der Waals surface area contributed by atoms with E-state index in [1.807, 2.05) is 0 Å². The molecule has 2 rings (SSSR count). The van der Waals surface area contributed by atoms with Gasteiger partial charge in [0, 0.05) is 12.8 Å². The molecule has 0 bridgehead atoms. The summed E-state index contributed by atoms with van der Waals surface area (Å²) in [7, 11) is 0. The summed E-state index contributed by atoms with van der Waals surface area (Å²) in [5.74, 6) is -16.0. The average Bonchev–Trinajstić information content (AvgIpc) is 2.75. The number of nitrogens with zero attached hydrogens (tertiary/aromatic N) is 1. The molecule has 1 fully saturated rings. The predicted molar refractivity (Wildman–Crippen MR) is 52.7 cm³/mol. The van der Waals surface area contributed by atoms with Gasteiger partial charge in [0.2, 0.25) is 5.82 Å². The minimum absolute atomic E-state index is 0.0830. The van der Waals surface area contributed by atoms with Crippen LogP contribution in [0.1, 0.15) is 23.2 Å². The number of hydrogen-bond acceptors (Lipinski definition) is 4. The van der Waals surface area contributed by atoms with Gasteiger partial charge in [0.25, 0.3) is 11.8 Å². The van der Waals surface area contributed by atoms with E-state index in [-0.39, 0.29) is 17.9 Å². The molecule has 0 spiro atoms. The normalized spacial score (nSPS) is 14.8. The van der Waals surface area contributed by atoms with Gasteiger partial charge in [-0.05, 0) is 0 Å². The van der Waals surface area contributed by atoms with Gasteiger partial charge in [-0.2, -0.15) is 0 Å². The third kappa shape index (κ3) is 2.32. The number of benzene rings is 1. The van der Waals surface area contributed by atoms with Crippen LogP contribution in [0.3, 0.4) is 0 Å². The molecule has 0 atom stereocenters. The highest BCUT2D eigenvalue weighted by Crippen LogP contribution is 2.24. The van der Waals surface area contributed by atoms with E-state index < -0.39 is 52.4 Å². The summed E-state index contributed by atoms with van der Waals surface area (Å²) < 4.78 is 65.2. The van der Waals surface area contributed by atoms with Gasteiger partial charge in [-0.25, -0.2) is 26.7 Å². The van der Waals surface area contributed by atoms with Crippen LogP contribution in [-0.4, -0.2) is 22.8 Å². The Bertz CT molecular complexity index is 630. The highest BCUT2D eigenvalue weighted by atomic mass is 19.2. The molecule has 0 aliphatic carbocycles. The first-order valence-corrected chi connectivity index (χ1v) is 5.35. The summed E-state index contributed by atoms with van der Waals surface area (Å²) in [6.45, 7) is 0. The fourth-order valence-electron chi connectivity index (χ4n) is 1.57. The Labute approximate surface area is 112 Å². The van der Waals surface area contributed by atoms with Gasteiger partial charge < -0.3 is 4.84 Å². The highest BCUT2D eigenvalue weighted by Gasteiger charge is 2.37. The van der Waals surface area contributed by atoms with Gasteiger partial charge in [0.1, 0.15) is 5.56 Å². The lowest BCUT2D eigenvalue weighted by molar-refractivity contribution is -0.172. The predicted octanol–water partition coefficient (Wildman–Crippen LogP) is 1.60. The van der Waals surface area contributed by atoms with Crippen molar-refractivity contribution in [1.82, 2.24) is 5.06 Å². The van der Waals surface area contributed by atoms with Crippen LogP contribution in [0.2, 0.25) is 0 Å². The number of rotatable bonds is 2. The van der Waals surface area contributed by atoms with Crippen LogP contribution in [0, 0.1) is 29.1 Å². The monoisotopic (exact) mass is 309 g/mol. The first kappa shape index (κ1) is 14.9. The number of halogens is 5. The Balaban J connectivity index is 2.41. The van der Waals surface area contributed by atoms with Crippen molar-refractivity contribution in [2.75, 3.05) is 0 Å². The summed E-state index contributed by atoms with van der Waals surface area (Å²) in [5, 5.41) is -0.0830. The largest absolute Gasteiger partial charge is 0.370 e. The van der Waals surface area contributed by atoms with Crippen LogP contribution in [0.5, 0.6) is 0 Å². The fraction of sp³-hybridized carbons (Fsp3) is 0.182. The van der Waals surface area contributed by atoms with Crippen molar-refractivity contribution in [1.29, 1.82) is 0 Å². The van der Waals surface area contributed by atoms with Crippen molar-refractivity contribution in [2.24, 2.45) is 0 Å². The second-order valence-electron chi connectivity index (χ2n) is 3.91. The first-order chi connectivity index (χ1) is 9.75. The molecule has 112 valence electrons. The Kier molecular flexibility index (Phi) is 3.62. The first-order valence-electron chi connectivity index (χ1n) is 5.35. The van der Waals surface area contributed by atoms with Gasteiger partial charge in [0.15, 0.2) is 23.3 Å². The minimum Gasteiger partial charge on any atom is -0.325 e. The molecular weight excluding hydrogens is 305 g/mol. The molecule has 0 N–H and O–H groups in total. The van der Waals surface area contributed by atoms with Crippen molar-refractivity contribution >= 4 is 17.8 Å². The van der Waals surface area contributed by atoms with Gasteiger partial charge in [-0.15, -0.1) is 5.06 Å². The van der Waals surface area contributed by atoms with E-state index in [4.69, 9.17) is 0 Å². The van der Waals surface area contributed by atoms with E-state index in [0.717, 1.165) is 0 Å². The summed E-state index contributed by atoms with van der Waals surface area (Å²) in [6, 6.07) is 0. The summed E-state index contributed by atoms with van der Waals surface area (Å²) in [4.78, 5) is 37.8. The maximum absolute atomic E-state index is 13.3. The summed E-state index contributed by atoms with van der Waals surface area (Å²) in [6.07, 6.45) is -0.605. The van der Waals surface area contributed by atoms with Gasteiger partial charge in [-0.3, -0.25) is 9.59 Å². The maximum atomic E-state index is 13.3. The number of carbonyl (C=O) groups is 3. The second kappa shape index (κ2) is 5.11. The summed E-state index contributed by atoms with van der Waals surface area (Å²) in [5.41, 5.74) is -1.89. The van der Waals surface area contributed by atoms with Crippen molar-refractivity contribution in [3.8, 4) is 0 Å². The molecule has 1 aromatic carbocycles. The quantitative estimate of drug-likeness (QED) is 0.360. The van der Waals surface area contributed by atoms with Gasteiger partial charge in [-0.1, -0.05) is 0 Å². The van der Waals surface area contributed by atoms with Crippen LogP contribution < -0.4 is 0 Å². The molecule has 1 saturated heterocycles. The Morgan fingerprint density at radius 3 is 1.62 bits per heavy atom. The van der Waals surface area contributed by atoms with Crippen LogP contribution in [0.15, 0.2) is 0 Å². The Hall–Kier alpha value is -2.52. The molecular formula is C11H4F5NO4. The van der Waals surface area contributed by atoms with Gasteiger partial charge >= 0.3 is 5.97 Å². The van der Waals surface area contributed by atoms with E-state index in [1.165, 1.54) is 0 Å². The zero-order chi connectivity index (χ0) is 15.9. The standard InChI is InChI=1S/C11H4F5NO4/c12-6-5(7(13)9(15)10(16)8(6)14)11(20)21-17-3(18)1-2-4(17)19/h1-2H2. The molecule has 0 unspecified atom stereocenters. The SMILES string of the molecule is O=C(ON1C(=O)CCC1=O)c1c(F)c(F)c(F)c(F)c1F. The number of imide groups is 1. The molecule has 1 aromatic rings. The summed E-state index contributed by atoms with van der Waals surface area (Å²) >= 11 is 0. The van der Waals surface area contributed by atoms with E-state index in [2.05, 4.69) is 4.84 Å². The smallest absolute Gasteiger partial charge is 0.325 e. The van der Waals surface area contributed by atoms with Crippen LogP contribution in [0.4, 0.5) is 22.0 Å². The Morgan fingerprint density at radius 1 is 0.810 bits per heavy atom. The maximum Gasteiger partial charge on any atom is 0.370 e. The van der Waals surface area contributed by atoms with Crippen LogP contribution >= 0.6 is 0 Å². The lowest BCUT2D eigenvalue weighted by atomic mass is 10.1. The zero-order valence-corrected chi connectivity index (χ0v) is 9.88. The number of hydroxylamine groups is 2. The molecule has 10 heteroatoms. The van der Waals surface area contributed by atoms with Crippen LogP contribution in [0.25, 0.3) is 0 Å². The molecule has 0 saturated carbocycles. The van der Waals surface area contributed by atoms with E-state index >= 15 is 0 Å². The molecule has 0 radical (unpaired) electrons. The average molecular weight is 309 g/mol. The molecule has 21 heavy (non-hydrogen) atoms. The number of carbonyl (C=O) groups excluding carboxylic acids is 3. The molecule has 2 amide bonds. The fourth-order valence-corrected chi connectivity index (χ4v) is 1.57. The van der Waals surface area contributed by atoms with E-state index in [1.54, 1.807) is 0 Å². The van der Waals surface area contributed by atoms with Crippen LogP contribution in [-0.2, 0) is 14.4 Å². The molecule has 1 aliphatic heterocycles. The zero-order valence-electron chi connectivity index (χ0n) is 9.88. The highest BCUT2D eigenvalue weighted by molar-refractivity contribution is 6.02. The number of hydrogen-bond donors (Lipinski definition) is 0.